The summed E-state index contributed by atoms with van der Waals surface area (Å²) >= 11 is 7.32. The van der Waals surface area contributed by atoms with Crippen molar-refractivity contribution in [2.75, 3.05) is 19.8 Å². The largest absolute Gasteiger partial charge is 0.493 e. The normalized spacial score (nSPS) is 16.7. The fraction of sp³-hybridized carbons (Fsp3) is 0.348. The lowest BCUT2D eigenvalue weighted by Crippen LogP contribution is -2.28. The van der Waals surface area contributed by atoms with E-state index in [1.165, 1.54) is 23.6 Å². The van der Waals surface area contributed by atoms with Crippen LogP contribution in [0.15, 0.2) is 36.7 Å². The maximum absolute atomic E-state index is 14.2. The zero-order valence-corrected chi connectivity index (χ0v) is 19.3. The second-order valence-corrected chi connectivity index (χ2v) is 9.45. The topological polar surface area (TPSA) is 73.3 Å². The number of carbonyl (C=O) groups is 1. The molecule has 0 saturated carbocycles. The Morgan fingerprint density at radius 2 is 2.19 bits per heavy atom. The number of pyridine rings is 1. The third kappa shape index (κ3) is 5.43. The number of nitrogens with zero attached hydrogens (tertiary/aromatic N) is 2. The Labute approximate surface area is 194 Å². The number of thiazole rings is 1. The van der Waals surface area contributed by atoms with Gasteiger partial charge in [-0.1, -0.05) is 11.6 Å². The number of rotatable bonds is 7. The van der Waals surface area contributed by atoms with Crippen LogP contribution < -0.4 is 10.1 Å². The van der Waals surface area contributed by atoms with Crippen molar-refractivity contribution in [3.63, 3.8) is 0 Å². The van der Waals surface area contributed by atoms with Crippen molar-refractivity contribution in [2.24, 2.45) is 5.92 Å². The van der Waals surface area contributed by atoms with Gasteiger partial charge in [-0.15, -0.1) is 11.3 Å². The van der Waals surface area contributed by atoms with Crippen molar-refractivity contribution in [2.45, 2.75) is 26.3 Å². The van der Waals surface area contributed by atoms with Gasteiger partial charge in [0.2, 0.25) is 0 Å². The molecule has 2 atom stereocenters. The van der Waals surface area contributed by atoms with Gasteiger partial charge in [0.15, 0.2) is 0 Å². The summed E-state index contributed by atoms with van der Waals surface area (Å²) in [4.78, 5) is 22.5. The van der Waals surface area contributed by atoms with E-state index < -0.39 is 11.9 Å². The van der Waals surface area contributed by atoms with E-state index >= 15 is 0 Å². The maximum Gasteiger partial charge on any atom is 0.251 e. The second kappa shape index (κ2) is 9.94. The highest BCUT2D eigenvalue weighted by Gasteiger charge is 2.20. The van der Waals surface area contributed by atoms with Crippen LogP contribution in [0.5, 0.6) is 5.75 Å². The van der Waals surface area contributed by atoms with Gasteiger partial charge in [0.1, 0.15) is 16.6 Å². The molecule has 1 aliphatic rings. The molecular formula is C23H23ClFN3O3S. The molecule has 0 bridgehead atoms. The number of aromatic nitrogens is 2. The van der Waals surface area contributed by atoms with Crippen molar-refractivity contribution in [1.29, 1.82) is 0 Å². The highest BCUT2D eigenvalue weighted by Crippen LogP contribution is 2.30. The monoisotopic (exact) mass is 475 g/mol. The Balaban J connectivity index is 1.57. The first kappa shape index (κ1) is 22.6. The van der Waals surface area contributed by atoms with Crippen LogP contribution in [0.2, 0.25) is 5.02 Å². The number of amides is 1. The summed E-state index contributed by atoms with van der Waals surface area (Å²) in [7, 11) is 0. The number of halogens is 2. The van der Waals surface area contributed by atoms with Crippen LogP contribution in [0, 0.1) is 18.7 Å². The number of hydrogen-bond acceptors (Lipinski definition) is 6. The lowest BCUT2D eigenvalue weighted by Gasteiger charge is -2.16. The minimum absolute atomic E-state index is 0.118. The number of ether oxygens (including phenoxy) is 2. The summed E-state index contributed by atoms with van der Waals surface area (Å²) in [6.45, 7) is 5.58. The molecule has 1 N–H and O–H groups in total. The Morgan fingerprint density at radius 3 is 2.88 bits per heavy atom. The molecule has 4 rings (SSSR count). The fourth-order valence-electron chi connectivity index (χ4n) is 3.45. The number of aryl methyl sites for hydroxylation is 1. The predicted molar refractivity (Wildman–Crippen MR) is 122 cm³/mol. The smallest absolute Gasteiger partial charge is 0.251 e. The molecule has 9 heteroatoms. The number of hydrogen-bond donors (Lipinski definition) is 1. The zero-order chi connectivity index (χ0) is 22.7. The average Bonchev–Trinajstić information content (AvgIpc) is 3.43. The SMILES string of the molecule is Cc1cnc(-c2cc(OCC3CCOC3)cc(C(=O)NC(C)c3ncc(Cl)cc3F)c2)s1. The predicted octanol–water partition coefficient (Wildman–Crippen LogP) is 5.21. The first-order chi connectivity index (χ1) is 15.4. The van der Waals surface area contributed by atoms with Gasteiger partial charge >= 0.3 is 0 Å². The summed E-state index contributed by atoms with van der Waals surface area (Å²) < 4.78 is 25.6. The van der Waals surface area contributed by atoms with E-state index in [9.17, 15) is 9.18 Å². The van der Waals surface area contributed by atoms with Crippen LogP contribution in [0.1, 0.15) is 40.3 Å². The molecule has 6 nitrogen and oxygen atoms in total. The minimum Gasteiger partial charge on any atom is -0.493 e. The van der Waals surface area contributed by atoms with Crippen molar-refractivity contribution in [3.8, 4) is 16.3 Å². The zero-order valence-electron chi connectivity index (χ0n) is 17.7. The minimum atomic E-state index is -0.648. The maximum atomic E-state index is 14.2. The summed E-state index contributed by atoms with van der Waals surface area (Å²) in [5.41, 5.74) is 1.30. The molecule has 1 aliphatic heterocycles. The molecule has 168 valence electrons. The quantitative estimate of drug-likeness (QED) is 0.507. The summed E-state index contributed by atoms with van der Waals surface area (Å²) in [6.07, 6.45) is 4.10. The lowest BCUT2D eigenvalue weighted by molar-refractivity contribution is 0.0938. The molecule has 1 saturated heterocycles. The Hall–Kier alpha value is -2.55. The Bertz CT molecular complexity index is 1120. The van der Waals surface area contributed by atoms with Crippen LogP contribution in [-0.2, 0) is 4.74 Å². The molecule has 32 heavy (non-hydrogen) atoms. The Kier molecular flexibility index (Phi) is 7.03. The van der Waals surface area contributed by atoms with Gasteiger partial charge in [-0.3, -0.25) is 9.78 Å². The van der Waals surface area contributed by atoms with Gasteiger partial charge < -0.3 is 14.8 Å². The van der Waals surface area contributed by atoms with Gasteiger partial charge in [-0.05, 0) is 44.5 Å². The van der Waals surface area contributed by atoms with E-state index in [4.69, 9.17) is 21.1 Å². The van der Waals surface area contributed by atoms with Gasteiger partial charge in [0.05, 0.1) is 30.0 Å². The van der Waals surface area contributed by atoms with Gasteiger partial charge in [-0.2, -0.15) is 0 Å². The van der Waals surface area contributed by atoms with Crippen molar-refractivity contribution < 1.29 is 18.7 Å². The first-order valence-corrected chi connectivity index (χ1v) is 11.5. The average molecular weight is 476 g/mol. The van der Waals surface area contributed by atoms with E-state index in [-0.39, 0.29) is 16.6 Å². The van der Waals surface area contributed by atoms with E-state index in [1.54, 1.807) is 25.3 Å². The molecule has 0 radical (unpaired) electrons. The lowest BCUT2D eigenvalue weighted by atomic mass is 10.1. The van der Waals surface area contributed by atoms with Crippen LogP contribution in [0.4, 0.5) is 4.39 Å². The van der Waals surface area contributed by atoms with Gasteiger partial charge in [0.25, 0.3) is 5.91 Å². The third-order valence-electron chi connectivity index (χ3n) is 5.14. The Morgan fingerprint density at radius 1 is 1.34 bits per heavy atom. The number of carbonyl (C=O) groups excluding carboxylic acids is 1. The molecule has 2 aromatic heterocycles. The molecular weight excluding hydrogens is 453 g/mol. The van der Waals surface area contributed by atoms with E-state index in [1.807, 2.05) is 13.0 Å². The van der Waals surface area contributed by atoms with Crippen molar-refractivity contribution >= 4 is 28.8 Å². The summed E-state index contributed by atoms with van der Waals surface area (Å²) in [5, 5.41) is 3.80. The molecule has 3 aromatic rings. The van der Waals surface area contributed by atoms with Gasteiger partial charge in [0, 0.05) is 40.9 Å². The van der Waals surface area contributed by atoms with Crippen molar-refractivity contribution in [1.82, 2.24) is 15.3 Å². The fourth-order valence-corrected chi connectivity index (χ4v) is 4.34. The standard InChI is InChI=1S/C23H23ClFN3O3S/c1-13-9-27-23(32-13)17-5-16(6-19(7-17)31-12-15-3-4-30-11-15)22(29)28-14(2)21-20(25)8-18(24)10-26-21/h5-10,14-15H,3-4,11-12H2,1-2H3,(H,28,29). The highest BCUT2D eigenvalue weighted by molar-refractivity contribution is 7.14. The highest BCUT2D eigenvalue weighted by atomic mass is 35.5. The molecule has 3 heterocycles. The van der Waals surface area contributed by atoms with Gasteiger partial charge in [-0.25, -0.2) is 9.37 Å². The molecule has 0 aliphatic carbocycles. The van der Waals surface area contributed by atoms with Crippen LogP contribution in [-0.4, -0.2) is 35.7 Å². The summed E-state index contributed by atoms with van der Waals surface area (Å²) in [6, 6.07) is 5.86. The number of nitrogens with one attached hydrogen (secondary N) is 1. The van der Waals surface area contributed by atoms with Crippen LogP contribution in [0.25, 0.3) is 10.6 Å². The molecule has 0 spiro atoms. The second-order valence-electron chi connectivity index (χ2n) is 7.78. The van der Waals surface area contributed by atoms with Crippen LogP contribution >= 0.6 is 22.9 Å². The van der Waals surface area contributed by atoms with Crippen molar-refractivity contribution in [3.05, 3.63) is 63.6 Å². The first-order valence-electron chi connectivity index (χ1n) is 10.3. The molecule has 1 amide bonds. The summed E-state index contributed by atoms with van der Waals surface area (Å²) in [5.74, 6) is -0.0224. The van der Waals surface area contributed by atoms with Crippen LogP contribution in [0.3, 0.4) is 0 Å². The number of benzene rings is 1. The van der Waals surface area contributed by atoms with E-state index in [0.29, 0.717) is 30.4 Å². The molecule has 2 unspecified atom stereocenters. The molecule has 1 fully saturated rings. The van der Waals surface area contributed by atoms with E-state index in [2.05, 4.69) is 15.3 Å². The molecule has 1 aromatic carbocycles. The van der Waals surface area contributed by atoms with E-state index in [0.717, 1.165) is 28.5 Å². The third-order valence-corrected chi connectivity index (χ3v) is 6.31.